The Kier molecular flexibility index (Phi) is 5.24. The summed E-state index contributed by atoms with van der Waals surface area (Å²) in [5.74, 6) is -0.637. The summed E-state index contributed by atoms with van der Waals surface area (Å²) in [5, 5.41) is 20.8. The van der Waals surface area contributed by atoms with Crippen LogP contribution in [0.2, 0.25) is 10.0 Å². The van der Waals surface area contributed by atoms with Gasteiger partial charge in [0.15, 0.2) is 0 Å². The van der Waals surface area contributed by atoms with Crippen molar-refractivity contribution in [1.29, 1.82) is 10.5 Å². The van der Waals surface area contributed by atoms with Gasteiger partial charge < -0.3 is 5.73 Å². The molecule has 2 aromatic carbocycles. The lowest BCUT2D eigenvalue weighted by atomic mass is 9.84. The topological polar surface area (TPSA) is 95.6 Å². The highest BCUT2D eigenvalue weighted by Crippen LogP contribution is 2.35. The second-order valence-corrected chi connectivity index (χ2v) is 8.43. The first kappa shape index (κ1) is 20.0. The van der Waals surface area contributed by atoms with Gasteiger partial charge in [0.25, 0.3) is 5.56 Å². The first-order valence-corrected chi connectivity index (χ1v) is 10.3. The van der Waals surface area contributed by atoms with Crippen LogP contribution in [-0.4, -0.2) is 4.57 Å². The van der Waals surface area contributed by atoms with E-state index in [9.17, 15) is 15.3 Å². The Morgan fingerprint density at radius 3 is 2.10 bits per heavy atom. The summed E-state index contributed by atoms with van der Waals surface area (Å²) in [5.41, 5.74) is 7.80. The maximum Gasteiger partial charge on any atom is 0.274 e. The monoisotopic (exact) mass is 450 g/mol. The number of aromatic nitrogens is 1. The fourth-order valence-corrected chi connectivity index (χ4v) is 4.73. The number of benzene rings is 2. The molecule has 0 spiro atoms. The SMILES string of the molecule is N#CC1=C(N)n2c(s/c(=C/c3ccc(Cl)cc3)c2=O)=C(C#N)[C@H]1c1ccc(Cl)cc1. The first-order valence-electron chi connectivity index (χ1n) is 8.73. The third-order valence-electron chi connectivity index (χ3n) is 4.76. The second kappa shape index (κ2) is 7.85. The second-order valence-electron chi connectivity index (χ2n) is 6.53. The Morgan fingerprint density at radius 2 is 1.53 bits per heavy atom. The van der Waals surface area contributed by atoms with E-state index in [0.29, 0.717) is 30.4 Å². The number of fused-ring (bicyclic) bond motifs is 1. The molecule has 8 heteroatoms. The fourth-order valence-electron chi connectivity index (χ4n) is 3.35. The molecule has 0 radical (unpaired) electrons. The Labute approximate surface area is 185 Å². The molecular formula is C22H12Cl2N4OS. The van der Waals surface area contributed by atoms with E-state index in [4.69, 9.17) is 28.9 Å². The van der Waals surface area contributed by atoms with Crippen molar-refractivity contribution in [3.05, 3.63) is 94.8 Å². The van der Waals surface area contributed by atoms with E-state index >= 15 is 0 Å². The predicted molar refractivity (Wildman–Crippen MR) is 119 cm³/mol. The Balaban J connectivity index is 2.04. The van der Waals surface area contributed by atoms with Gasteiger partial charge in [-0.15, -0.1) is 11.3 Å². The largest absolute Gasteiger partial charge is 0.384 e. The van der Waals surface area contributed by atoms with Crippen molar-refractivity contribution in [1.82, 2.24) is 4.57 Å². The first-order chi connectivity index (χ1) is 14.4. The molecule has 0 saturated carbocycles. The minimum Gasteiger partial charge on any atom is -0.384 e. The van der Waals surface area contributed by atoms with Crippen molar-refractivity contribution < 1.29 is 0 Å². The number of nitrogens with zero attached hydrogens (tertiary/aromatic N) is 3. The van der Waals surface area contributed by atoms with Gasteiger partial charge in [0, 0.05) is 10.0 Å². The number of nitrogens with two attached hydrogens (primary N) is 1. The van der Waals surface area contributed by atoms with Gasteiger partial charge >= 0.3 is 0 Å². The highest BCUT2D eigenvalue weighted by Gasteiger charge is 2.32. The number of hydrogen-bond acceptors (Lipinski definition) is 5. The molecule has 0 saturated heterocycles. The number of halogens is 2. The molecule has 1 atom stereocenters. The van der Waals surface area contributed by atoms with Crippen LogP contribution < -0.4 is 20.5 Å². The summed E-state index contributed by atoms with van der Waals surface area (Å²) in [6.07, 6.45) is 1.71. The Morgan fingerprint density at radius 1 is 0.967 bits per heavy atom. The average molecular weight is 451 g/mol. The van der Waals surface area contributed by atoms with Crippen LogP contribution in [0.5, 0.6) is 0 Å². The summed E-state index contributed by atoms with van der Waals surface area (Å²) in [4.78, 5) is 13.1. The molecule has 30 heavy (non-hydrogen) atoms. The molecule has 0 unspecified atom stereocenters. The molecule has 0 bridgehead atoms. The minimum atomic E-state index is -0.668. The summed E-state index contributed by atoms with van der Waals surface area (Å²) in [6.45, 7) is 0. The van der Waals surface area contributed by atoms with Crippen LogP contribution in [0.3, 0.4) is 0 Å². The summed E-state index contributed by atoms with van der Waals surface area (Å²) >= 11 is 13.1. The van der Waals surface area contributed by atoms with Crippen molar-refractivity contribution in [2.24, 2.45) is 5.73 Å². The van der Waals surface area contributed by atoms with Gasteiger partial charge in [-0.1, -0.05) is 47.5 Å². The predicted octanol–water partition coefficient (Wildman–Crippen LogP) is 3.17. The normalized spacial score (nSPS) is 16.2. The van der Waals surface area contributed by atoms with Crippen LogP contribution in [0.1, 0.15) is 17.0 Å². The summed E-state index contributed by atoms with van der Waals surface area (Å²) < 4.78 is 2.06. The third kappa shape index (κ3) is 3.32. The summed E-state index contributed by atoms with van der Waals surface area (Å²) in [7, 11) is 0. The number of hydrogen-bond donors (Lipinski definition) is 1. The molecule has 4 rings (SSSR count). The molecule has 1 aliphatic rings. The van der Waals surface area contributed by atoms with Crippen molar-refractivity contribution in [3.63, 3.8) is 0 Å². The molecule has 2 N–H and O–H groups in total. The van der Waals surface area contributed by atoms with Gasteiger partial charge in [-0.25, -0.2) is 0 Å². The quantitative estimate of drug-likeness (QED) is 0.648. The molecule has 0 fully saturated rings. The van der Waals surface area contributed by atoms with E-state index in [0.717, 1.165) is 16.9 Å². The lowest BCUT2D eigenvalue weighted by molar-refractivity contribution is 0.906. The maximum atomic E-state index is 13.1. The molecule has 3 aromatic rings. The van der Waals surface area contributed by atoms with E-state index in [1.54, 1.807) is 54.6 Å². The van der Waals surface area contributed by atoms with E-state index < -0.39 is 5.92 Å². The van der Waals surface area contributed by atoms with Crippen LogP contribution in [0, 0.1) is 22.7 Å². The van der Waals surface area contributed by atoms with Gasteiger partial charge in [0.1, 0.15) is 10.5 Å². The van der Waals surface area contributed by atoms with E-state index in [1.807, 2.05) is 0 Å². The van der Waals surface area contributed by atoms with Crippen LogP contribution in [0.15, 0.2) is 58.9 Å². The van der Waals surface area contributed by atoms with Gasteiger partial charge in [0.05, 0.1) is 33.7 Å². The van der Waals surface area contributed by atoms with Gasteiger partial charge in [-0.2, -0.15) is 10.5 Å². The molecule has 0 amide bonds. The zero-order valence-corrected chi connectivity index (χ0v) is 17.6. The van der Waals surface area contributed by atoms with Crippen molar-refractivity contribution in [2.75, 3.05) is 0 Å². The smallest absolute Gasteiger partial charge is 0.274 e. The molecule has 1 aromatic heterocycles. The average Bonchev–Trinajstić information content (AvgIpc) is 3.06. The zero-order valence-electron chi connectivity index (χ0n) is 15.3. The van der Waals surface area contributed by atoms with Crippen molar-refractivity contribution in [2.45, 2.75) is 5.92 Å². The van der Waals surface area contributed by atoms with Crippen LogP contribution in [0.25, 0.3) is 17.5 Å². The van der Waals surface area contributed by atoms with Gasteiger partial charge in [0.2, 0.25) is 0 Å². The third-order valence-corrected chi connectivity index (χ3v) is 6.37. The molecule has 5 nitrogen and oxygen atoms in total. The number of nitriles is 2. The Hall–Kier alpha value is -3.29. The highest BCUT2D eigenvalue weighted by molar-refractivity contribution is 7.07. The summed E-state index contributed by atoms with van der Waals surface area (Å²) in [6, 6.07) is 18.2. The molecule has 1 aliphatic heterocycles. The lowest BCUT2D eigenvalue weighted by Gasteiger charge is -2.22. The van der Waals surface area contributed by atoms with E-state index in [-0.39, 0.29) is 17.0 Å². The van der Waals surface area contributed by atoms with Crippen LogP contribution >= 0.6 is 34.5 Å². The number of thiazole rings is 1. The number of rotatable bonds is 2. The van der Waals surface area contributed by atoms with E-state index in [2.05, 4.69) is 12.1 Å². The molecular weight excluding hydrogens is 439 g/mol. The van der Waals surface area contributed by atoms with Crippen molar-refractivity contribution in [3.8, 4) is 12.1 Å². The molecule has 2 heterocycles. The van der Waals surface area contributed by atoms with Crippen LogP contribution in [-0.2, 0) is 0 Å². The van der Waals surface area contributed by atoms with E-state index in [1.165, 1.54) is 4.57 Å². The minimum absolute atomic E-state index is 0.0310. The Bertz CT molecular complexity index is 1450. The standard InChI is InChI=1S/C22H12Cl2N4OS/c23-14-5-1-12(2-6-14)9-18-21(29)28-20(27)16(10-25)19(17(11-26)22(28)30-18)13-3-7-15(24)8-4-13/h1-9,19H,27H2/b18-9+/t19-/m0/s1. The lowest BCUT2D eigenvalue weighted by Crippen LogP contribution is -2.38. The number of allylic oxidation sites excluding steroid dienone is 1. The van der Waals surface area contributed by atoms with Gasteiger partial charge in [-0.05, 0) is 41.5 Å². The highest BCUT2D eigenvalue weighted by atomic mass is 35.5. The molecule has 146 valence electrons. The zero-order chi connectivity index (χ0) is 21.4. The maximum absolute atomic E-state index is 13.1. The van der Waals surface area contributed by atoms with Crippen LogP contribution in [0.4, 0.5) is 0 Å². The molecule has 0 aliphatic carbocycles. The van der Waals surface area contributed by atoms with Gasteiger partial charge in [-0.3, -0.25) is 9.36 Å². The van der Waals surface area contributed by atoms with Crippen molar-refractivity contribution >= 4 is 52.0 Å². The fraction of sp³-hybridized carbons (Fsp3) is 0.0455.